The average molecular weight is 280 g/mol. The van der Waals surface area contributed by atoms with E-state index in [0.717, 1.165) is 31.6 Å². The summed E-state index contributed by atoms with van der Waals surface area (Å²) in [5, 5.41) is 9.76. The van der Waals surface area contributed by atoms with Gasteiger partial charge in [0.2, 0.25) is 5.91 Å². The lowest BCUT2D eigenvalue weighted by Crippen LogP contribution is -2.35. The number of primary amides is 1. The van der Waals surface area contributed by atoms with E-state index in [-0.39, 0.29) is 11.7 Å². The van der Waals surface area contributed by atoms with Crippen LogP contribution >= 0.6 is 0 Å². The van der Waals surface area contributed by atoms with Crippen molar-refractivity contribution < 1.29 is 14.3 Å². The number of carbonyl (C=O) groups excluding carboxylic acids is 1. The monoisotopic (exact) mass is 280 g/mol. The van der Waals surface area contributed by atoms with Crippen LogP contribution in [-0.2, 0) is 4.79 Å². The number of nitrogens with zero attached hydrogens (tertiary/aromatic N) is 1. The molecule has 2 rings (SSSR count). The van der Waals surface area contributed by atoms with Crippen LogP contribution in [0.3, 0.4) is 0 Å². The van der Waals surface area contributed by atoms with Gasteiger partial charge in [-0.05, 0) is 37.8 Å². The summed E-state index contributed by atoms with van der Waals surface area (Å²) in [4.78, 5) is 13.0. The van der Waals surface area contributed by atoms with E-state index in [4.69, 9.17) is 5.73 Å². The molecule has 1 amide bonds. The normalized spacial score (nSPS) is 18.1. The Morgan fingerprint density at radius 2 is 2.15 bits per heavy atom. The van der Waals surface area contributed by atoms with Gasteiger partial charge >= 0.3 is 0 Å². The molecule has 0 unspecified atom stereocenters. The molecule has 1 heterocycles. The fourth-order valence-corrected chi connectivity index (χ4v) is 2.88. The molecule has 1 atom stereocenters. The average Bonchev–Trinajstić information content (AvgIpc) is 2.38. The van der Waals surface area contributed by atoms with E-state index in [0.29, 0.717) is 17.9 Å². The third-order valence-electron chi connectivity index (χ3n) is 3.89. The molecule has 0 spiro atoms. The smallest absolute Gasteiger partial charge is 0.217 e. The molecule has 0 aliphatic carbocycles. The van der Waals surface area contributed by atoms with E-state index >= 15 is 0 Å². The van der Waals surface area contributed by atoms with Crippen LogP contribution in [0.2, 0.25) is 0 Å². The molecule has 1 aliphatic rings. The number of anilines is 1. The van der Waals surface area contributed by atoms with E-state index in [9.17, 15) is 14.3 Å². The van der Waals surface area contributed by atoms with Crippen LogP contribution in [0.15, 0.2) is 18.2 Å². The molecule has 0 saturated carbocycles. The Morgan fingerprint density at radius 1 is 1.50 bits per heavy atom. The first-order valence-electron chi connectivity index (χ1n) is 6.98. The predicted octanol–water partition coefficient (Wildman–Crippen LogP) is 1.97. The fraction of sp³-hybridized carbons (Fsp3) is 0.533. The summed E-state index contributed by atoms with van der Waals surface area (Å²) in [5.41, 5.74) is 6.31. The number of piperidine rings is 1. The van der Waals surface area contributed by atoms with Crippen LogP contribution < -0.4 is 10.6 Å². The number of rotatable bonds is 4. The largest absolute Gasteiger partial charge is 0.389 e. The number of hydrogen-bond acceptors (Lipinski definition) is 3. The topological polar surface area (TPSA) is 66.6 Å². The number of amides is 1. The molecule has 4 nitrogen and oxygen atoms in total. The highest BCUT2D eigenvalue weighted by molar-refractivity contribution is 5.74. The first kappa shape index (κ1) is 14.8. The summed E-state index contributed by atoms with van der Waals surface area (Å²) in [7, 11) is 0. The van der Waals surface area contributed by atoms with Gasteiger partial charge in [-0.1, -0.05) is 6.07 Å². The van der Waals surface area contributed by atoms with Crippen molar-refractivity contribution in [2.75, 3.05) is 18.0 Å². The molecule has 5 heteroatoms. The quantitative estimate of drug-likeness (QED) is 0.886. The van der Waals surface area contributed by atoms with Gasteiger partial charge in [0, 0.05) is 30.8 Å². The second-order valence-corrected chi connectivity index (χ2v) is 5.45. The molecule has 0 aromatic heterocycles. The SMILES string of the molecule is C[C@@H](O)c1c(F)cccc1N1CCC(CC(N)=O)CC1. The predicted molar refractivity (Wildman–Crippen MR) is 75.8 cm³/mol. The van der Waals surface area contributed by atoms with Gasteiger partial charge in [-0.25, -0.2) is 4.39 Å². The molecule has 1 aromatic carbocycles. The van der Waals surface area contributed by atoms with Crippen molar-refractivity contribution in [3.63, 3.8) is 0 Å². The van der Waals surface area contributed by atoms with Crippen molar-refractivity contribution in [1.29, 1.82) is 0 Å². The van der Waals surface area contributed by atoms with Crippen LogP contribution in [-0.4, -0.2) is 24.1 Å². The van der Waals surface area contributed by atoms with Crippen LogP contribution in [0.4, 0.5) is 10.1 Å². The molecule has 110 valence electrons. The number of nitrogens with two attached hydrogens (primary N) is 1. The molecular formula is C15H21FN2O2. The fourth-order valence-electron chi connectivity index (χ4n) is 2.88. The standard InChI is InChI=1S/C15H21FN2O2/c1-10(19)15-12(16)3-2-4-13(15)18-7-5-11(6-8-18)9-14(17)20/h2-4,10-11,19H,5-9H2,1H3,(H2,17,20)/t10-/m1/s1. The lowest BCUT2D eigenvalue weighted by atomic mass is 9.92. The van der Waals surface area contributed by atoms with Gasteiger partial charge in [-0.15, -0.1) is 0 Å². The van der Waals surface area contributed by atoms with Crippen molar-refractivity contribution in [2.45, 2.75) is 32.3 Å². The highest BCUT2D eigenvalue weighted by atomic mass is 19.1. The number of aliphatic hydroxyl groups is 1. The minimum atomic E-state index is -0.838. The van der Waals surface area contributed by atoms with Gasteiger partial charge in [0.1, 0.15) is 5.82 Å². The molecule has 1 saturated heterocycles. The highest BCUT2D eigenvalue weighted by Gasteiger charge is 2.24. The number of benzene rings is 1. The number of aliphatic hydroxyl groups excluding tert-OH is 1. The van der Waals surface area contributed by atoms with E-state index in [1.54, 1.807) is 13.0 Å². The number of halogens is 1. The van der Waals surface area contributed by atoms with Gasteiger partial charge in [-0.2, -0.15) is 0 Å². The molecule has 1 aliphatic heterocycles. The zero-order valence-corrected chi connectivity index (χ0v) is 11.7. The second-order valence-electron chi connectivity index (χ2n) is 5.45. The molecule has 3 N–H and O–H groups in total. The van der Waals surface area contributed by atoms with Crippen molar-refractivity contribution >= 4 is 11.6 Å². The van der Waals surface area contributed by atoms with E-state index < -0.39 is 6.10 Å². The summed E-state index contributed by atoms with van der Waals surface area (Å²) >= 11 is 0. The lowest BCUT2D eigenvalue weighted by Gasteiger charge is -2.35. The third-order valence-corrected chi connectivity index (χ3v) is 3.89. The van der Waals surface area contributed by atoms with Crippen LogP contribution in [0.5, 0.6) is 0 Å². The maximum Gasteiger partial charge on any atom is 0.217 e. The first-order chi connectivity index (χ1) is 9.49. The maximum atomic E-state index is 13.9. The van der Waals surface area contributed by atoms with Crippen molar-refractivity contribution in [1.82, 2.24) is 0 Å². The minimum absolute atomic E-state index is 0.265. The van der Waals surface area contributed by atoms with Crippen LogP contribution in [0.1, 0.15) is 37.9 Å². The van der Waals surface area contributed by atoms with Crippen LogP contribution in [0, 0.1) is 11.7 Å². The van der Waals surface area contributed by atoms with Crippen molar-refractivity contribution in [3.05, 3.63) is 29.6 Å². The molecule has 0 radical (unpaired) electrons. The summed E-state index contributed by atoms with van der Waals surface area (Å²) in [6.07, 6.45) is 1.30. The first-order valence-corrected chi connectivity index (χ1v) is 6.98. The summed E-state index contributed by atoms with van der Waals surface area (Å²) < 4.78 is 13.9. The van der Waals surface area contributed by atoms with Gasteiger partial charge in [0.05, 0.1) is 6.10 Å². The minimum Gasteiger partial charge on any atom is -0.389 e. The van der Waals surface area contributed by atoms with Gasteiger partial charge < -0.3 is 15.7 Å². The lowest BCUT2D eigenvalue weighted by molar-refractivity contribution is -0.119. The molecule has 0 bridgehead atoms. The van der Waals surface area contributed by atoms with Gasteiger partial charge in [0.15, 0.2) is 0 Å². The Kier molecular flexibility index (Phi) is 4.60. The maximum absolute atomic E-state index is 13.9. The van der Waals surface area contributed by atoms with E-state index in [1.807, 2.05) is 6.07 Å². The van der Waals surface area contributed by atoms with E-state index in [1.165, 1.54) is 6.07 Å². The summed E-state index contributed by atoms with van der Waals surface area (Å²) in [6.45, 7) is 3.07. The summed E-state index contributed by atoms with van der Waals surface area (Å²) in [6, 6.07) is 4.86. The van der Waals surface area contributed by atoms with Crippen molar-refractivity contribution in [3.8, 4) is 0 Å². The Balaban J connectivity index is 2.11. The highest BCUT2D eigenvalue weighted by Crippen LogP contribution is 2.32. The number of carbonyl (C=O) groups is 1. The van der Waals surface area contributed by atoms with Gasteiger partial charge in [0.25, 0.3) is 0 Å². The van der Waals surface area contributed by atoms with Crippen molar-refractivity contribution in [2.24, 2.45) is 11.7 Å². The molecule has 20 heavy (non-hydrogen) atoms. The molecular weight excluding hydrogens is 259 g/mol. The van der Waals surface area contributed by atoms with Crippen LogP contribution in [0.25, 0.3) is 0 Å². The molecule has 1 fully saturated rings. The Labute approximate surface area is 118 Å². The molecule has 1 aromatic rings. The Hall–Kier alpha value is -1.62. The second kappa shape index (κ2) is 6.22. The number of hydrogen-bond donors (Lipinski definition) is 2. The Bertz CT molecular complexity index is 483. The van der Waals surface area contributed by atoms with E-state index in [2.05, 4.69) is 4.90 Å². The zero-order valence-electron chi connectivity index (χ0n) is 11.7. The zero-order chi connectivity index (χ0) is 14.7. The Morgan fingerprint density at radius 3 is 2.70 bits per heavy atom. The van der Waals surface area contributed by atoms with Gasteiger partial charge in [-0.3, -0.25) is 4.79 Å². The third kappa shape index (κ3) is 3.28. The summed E-state index contributed by atoms with van der Waals surface area (Å²) in [5.74, 6) is -0.331.